The van der Waals surface area contributed by atoms with Crippen molar-refractivity contribution < 1.29 is 12.8 Å². The van der Waals surface area contributed by atoms with Crippen LogP contribution in [0.2, 0.25) is 0 Å². The topological polar surface area (TPSA) is 109 Å². The Hall–Kier alpha value is -2.39. The minimum Gasteiger partial charge on any atom is -0.444 e. The van der Waals surface area contributed by atoms with Gasteiger partial charge in [0.15, 0.2) is 5.96 Å². The van der Waals surface area contributed by atoms with E-state index in [0.29, 0.717) is 37.9 Å². The van der Waals surface area contributed by atoms with Crippen LogP contribution in [0.15, 0.2) is 46.0 Å². The van der Waals surface area contributed by atoms with Gasteiger partial charge in [-0.2, -0.15) is 0 Å². The summed E-state index contributed by atoms with van der Waals surface area (Å²) in [5, 5.41) is 6.30. The van der Waals surface area contributed by atoms with Gasteiger partial charge >= 0.3 is 0 Å². The van der Waals surface area contributed by atoms with Crippen LogP contribution in [0.1, 0.15) is 19.0 Å². The number of hydrogen-bond acceptors (Lipinski definition) is 5. The molecule has 142 valence electrons. The maximum atomic E-state index is 11.0. The third kappa shape index (κ3) is 7.24. The third-order valence-corrected chi connectivity index (χ3v) is 4.05. The van der Waals surface area contributed by atoms with E-state index in [2.05, 4.69) is 25.3 Å². The van der Waals surface area contributed by atoms with Crippen molar-refractivity contribution in [1.82, 2.24) is 20.3 Å². The molecule has 1 aromatic heterocycles. The SMILES string of the molecule is CCNC(=NCc1coc(-c2ccccc2)n1)NCCCNS(C)(=O)=O. The first-order chi connectivity index (χ1) is 12.5. The molecule has 0 unspecified atom stereocenters. The van der Waals surface area contributed by atoms with Crippen molar-refractivity contribution in [3.8, 4) is 11.5 Å². The zero-order chi connectivity index (χ0) is 18.8. The Kier molecular flexibility index (Phi) is 7.61. The predicted molar refractivity (Wildman–Crippen MR) is 102 cm³/mol. The summed E-state index contributed by atoms with van der Waals surface area (Å²) in [5.41, 5.74) is 1.66. The lowest BCUT2D eigenvalue weighted by atomic mass is 10.2. The first kappa shape index (κ1) is 19.9. The van der Waals surface area contributed by atoms with Crippen LogP contribution < -0.4 is 15.4 Å². The number of aliphatic imine (C=N–C) groups is 1. The van der Waals surface area contributed by atoms with E-state index in [1.807, 2.05) is 37.3 Å². The molecule has 2 aromatic rings. The molecule has 0 fully saturated rings. The van der Waals surface area contributed by atoms with Gasteiger partial charge in [0.2, 0.25) is 15.9 Å². The van der Waals surface area contributed by atoms with Crippen LogP contribution in [0, 0.1) is 0 Å². The minimum absolute atomic E-state index is 0.382. The molecule has 0 aliphatic rings. The maximum Gasteiger partial charge on any atom is 0.226 e. The lowest BCUT2D eigenvalue weighted by Crippen LogP contribution is -2.38. The van der Waals surface area contributed by atoms with E-state index in [-0.39, 0.29) is 0 Å². The van der Waals surface area contributed by atoms with Crippen molar-refractivity contribution in [3.63, 3.8) is 0 Å². The van der Waals surface area contributed by atoms with E-state index in [4.69, 9.17) is 4.42 Å². The first-order valence-electron chi connectivity index (χ1n) is 8.44. The molecule has 1 heterocycles. The van der Waals surface area contributed by atoms with Crippen LogP contribution >= 0.6 is 0 Å². The Labute approximate surface area is 154 Å². The molecule has 0 radical (unpaired) electrons. The predicted octanol–water partition coefficient (Wildman–Crippen LogP) is 1.34. The molecule has 0 aliphatic heterocycles. The van der Waals surface area contributed by atoms with Gasteiger partial charge in [0.25, 0.3) is 0 Å². The summed E-state index contributed by atoms with van der Waals surface area (Å²) in [5.74, 6) is 1.22. The zero-order valence-electron chi connectivity index (χ0n) is 15.0. The van der Waals surface area contributed by atoms with E-state index in [1.54, 1.807) is 6.26 Å². The lowest BCUT2D eigenvalue weighted by molar-refractivity contribution is 0.572. The molecular formula is C17H25N5O3S. The molecule has 3 N–H and O–H groups in total. The standard InChI is InChI=1S/C17H25N5O3S/c1-3-18-17(19-10-7-11-21-26(2,23)24)20-12-15-13-25-16(22-15)14-8-5-4-6-9-14/h4-6,8-9,13,21H,3,7,10-12H2,1-2H3,(H2,18,19,20). The van der Waals surface area contributed by atoms with Crippen molar-refractivity contribution >= 4 is 16.0 Å². The average molecular weight is 379 g/mol. The molecule has 8 nitrogen and oxygen atoms in total. The highest BCUT2D eigenvalue weighted by atomic mass is 32.2. The summed E-state index contributed by atoms with van der Waals surface area (Å²) in [6, 6.07) is 9.69. The molecule has 9 heteroatoms. The highest BCUT2D eigenvalue weighted by Gasteiger charge is 2.06. The highest BCUT2D eigenvalue weighted by Crippen LogP contribution is 2.18. The fourth-order valence-corrected chi connectivity index (χ4v) is 2.66. The molecule has 2 rings (SSSR count). The van der Waals surface area contributed by atoms with Crippen molar-refractivity contribution in [2.24, 2.45) is 4.99 Å². The second kappa shape index (κ2) is 9.93. The summed E-state index contributed by atoms with van der Waals surface area (Å²) in [7, 11) is -3.14. The van der Waals surface area contributed by atoms with E-state index >= 15 is 0 Å². The molecular weight excluding hydrogens is 354 g/mol. The van der Waals surface area contributed by atoms with Gasteiger partial charge in [0.05, 0.1) is 12.8 Å². The van der Waals surface area contributed by atoms with Crippen molar-refractivity contribution in [1.29, 1.82) is 0 Å². The Morgan fingerprint density at radius 1 is 1.19 bits per heavy atom. The van der Waals surface area contributed by atoms with E-state index in [9.17, 15) is 8.42 Å². The zero-order valence-corrected chi connectivity index (χ0v) is 15.8. The van der Waals surface area contributed by atoms with Crippen LogP contribution in [0.25, 0.3) is 11.5 Å². The second-order valence-corrected chi connectivity index (χ2v) is 7.49. The fraction of sp³-hybridized carbons (Fsp3) is 0.412. The highest BCUT2D eigenvalue weighted by molar-refractivity contribution is 7.88. The molecule has 0 atom stereocenters. The molecule has 0 amide bonds. The normalized spacial score (nSPS) is 12.2. The number of oxazole rings is 1. The largest absolute Gasteiger partial charge is 0.444 e. The van der Waals surface area contributed by atoms with E-state index in [0.717, 1.165) is 24.1 Å². The van der Waals surface area contributed by atoms with Crippen molar-refractivity contribution in [3.05, 3.63) is 42.3 Å². The van der Waals surface area contributed by atoms with Gasteiger partial charge in [-0.25, -0.2) is 23.1 Å². The number of nitrogens with one attached hydrogen (secondary N) is 3. The molecule has 1 aromatic carbocycles. The molecule has 0 aliphatic carbocycles. The summed E-state index contributed by atoms with van der Waals surface area (Å²) < 4.78 is 30.0. The van der Waals surface area contributed by atoms with Crippen LogP contribution in [0.4, 0.5) is 0 Å². The molecule has 0 bridgehead atoms. The van der Waals surface area contributed by atoms with Crippen LogP contribution in [0.5, 0.6) is 0 Å². The smallest absolute Gasteiger partial charge is 0.226 e. The average Bonchev–Trinajstić information content (AvgIpc) is 3.08. The van der Waals surface area contributed by atoms with Gasteiger partial charge in [-0.15, -0.1) is 0 Å². The minimum atomic E-state index is -3.14. The number of sulfonamides is 1. The second-order valence-electron chi connectivity index (χ2n) is 5.65. The van der Waals surface area contributed by atoms with Gasteiger partial charge in [0, 0.05) is 25.2 Å². The Bertz CT molecular complexity index is 803. The molecule has 26 heavy (non-hydrogen) atoms. The van der Waals surface area contributed by atoms with Crippen LogP contribution in [0.3, 0.4) is 0 Å². The lowest BCUT2D eigenvalue weighted by Gasteiger charge is -2.10. The van der Waals surface area contributed by atoms with Crippen molar-refractivity contribution in [2.45, 2.75) is 19.9 Å². The first-order valence-corrected chi connectivity index (χ1v) is 10.3. The third-order valence-electron chi connectivity index (χ3n) is 3.33. The van der Waals surface area contributed by atoms with Crippen molar-refractivity contribution in [2.75, 3.05) is 25.9 Å². The summed E-state index contributed by atoms with van der Waals surface area (Å²) in [4.78, 5) is 8.91. The van der Waals surface area contributed by atoms with Gasteiger partial charge in [-0.3, -0.25) is 0 Å². The Morgan fingerprint density at radius 2 is 1.96 bits per heavy atom. The molecule has 0 saturated heterocycles. The number of rotatable bonds is 9. The number of guanidine groups is 1. The van der Waals surface area contributed by atoms with E-state index < -0.39 is 10.0 Å². The quantitative estimate of drug-likeness (QED) is 0.345. The number of benzene rings is 1. The fourth-order valence-electron chi connectivity index (χ4n) is 2.15. The van der Waals surface area contributed by atoms with Crippen LogP contribution in [-0.2, 0) is 16.6 Å². The van der Waals surface area contributed by atoms with E-state index in [1.165, 1.54) is 0 Å². The number of hydrogen-bond donors (Lipinski definition) is 3. The van der Waals surface area contributed by atoms with Gasteiger partial charge in [-0.05, 0) is 25.5 Å². The monoisotopic (exact) mass is 379 g/mol. The summed E-state index contributed by atoms with van der Waals surface area (Å²) in [6.45, 7) is 4.07. The molecule has 0 spiro atoms. The number of nitrogens with zero attached hydrogens (tertiary/aromatic N) is 2. The van der Waals surface area contributed by atoms with Gasteiger partial charge < -0.3 is 15.1 Å². The van der Waals surface area contributed by atoms with Gasteiger partial charge in [0.1, 0.15) is 12.0 Å². The summed E-state index contributed by atoms with van der Waals surface area (Å²) >= 11 is 0. The van der Waals surface area contributed by atoms with Crippen LogP contribution in [-0.4, -0.2) is 45.3 Å². The Morgan fingerprint density at radius 3 is 2.65 bits per heavy atom. The maximum absolute atomic E-state index is 11.0. The molecule has 0 saturated carbocycles. The van der Waals surface area contributed by atoms with Gasteiger partial charge in [-0.1, -0.05) is 18.2 Å². The Balaban J connectivity index is 1.85. The summed E-state index contributed by atoms with van der Waals surface area (Å²) in [6.07, 6.45) is 3.40. The number of aromatic nitrogens is 1.